The van der Waals surface area contributed by atoms with Gasteiger partial charge in [0.1, 0.15) is 12.3 Å². The number of ether oxygens (including phenoxy) is 1. The van der Waals surface area contributed by atoms with Crippen molar-refractivity contribution in [1.82, 2.24) is 9.78 Å². The number of hydrogen-bond donors (Lipinski definition) is 1. The molecule has 0 unspecified atom stereocenters. The van der Waals surface area contributed by atoms with Crippen molar-refractivity contribution in [1.29, 1.82) is 0 Å². The molecule has 1 aromatic carbocycles. The van der Waals surface area contributed by atoms with Gasteiger partial charge in [0.25, 0.3) is 0 Å². The van der Waals surface area contributed by atoms with Crippen molar-refractivity contribution >= 4 is 5.97 Å². The van der Waals surface area contributed by atoms with Gasteiger partial charge in [-0.2, -0.15) is 5.10 Å². The third-order valence-electron chi connectivity index (χ3n) is 3.05. The molecule has 2 aromatic rings. The third-order valence-corrected chi connectivity index (χ3v) is 3.05. The average Bonchev–Trinajstić information content (AvgIpc) is 2.64. The van der Waals surface area contributed by atoms with Crippen LogP contribution in [-0.4, -0.2) is 28.0 Å². The molecule has 0 saturated carbocycles. The first-order valence-electron chi connectivity index (χ1n) is 5.93. The van der Waals surface area contributed by atoms with E-state index in [1.807, 2.05) is 38.1 Å². The van der Waals surface area contributed by atoms with Crippen LogP contribution in [0.1, 0.15) is 11.4 Å². The van der Waals surface area contributed by atoms with Gasteiger partial charge >= 0.3 is 5.97 Å². The molecule has 0 fully saturated rings. The van der Waals surface area contributed by atoms with Crippen molar-refractivity contribution in [3.8, 4) is 16.9 Å². The highest BCUT2D eigenvalue weighted by atomic mass is 16.5. The molecular weight excluding hydrogens is 244 g/mol. The smallest absolute Gasteiger partial charge is 0.325 e. The molecule has 1 aromatic heterocycles. The van der Waals surface area contributed by atoms with Crippen LogP contribution in [0.3, 0.4) is 0 Å². The van der Waals surface area contributed by atoms with Crippen LogP contribution in [0.4, 0.5) is 0 Å². The van der Waals surface area contributed by atoms with E-state index in [0.29, 0.717) is 0 Å². The maximum absolute atomic E-state index is 10.8. The summed E-state index contributed by atoms with van der Waals surface area (Å²) in [4.78, 5) is 10.8. The van der Waals surface area contributed by atoms with Gasteiger partial charge in [-0.05, 0) is 31.5 Å². The molecule has 19 heavy (non-hydrogen) atoms. The van der Waals surface area contributed by atoms with Crippen LogP contribution in [0.5, 0.6) is 5.75 Å². The molecule has 2 rings (SSSR count). The zero-order valence-corrected chi connectivity index (χ0v) is 11.2. The summed E-state index contributed by atoms with van der Waals surface area (Å²) in [5, 5.41) is 13.1. The molecule has 5 heteroatoms. The summed E-state index contributed by atoms with van der Waals surface area (Å²) in [5.41, 5.74) is 3.66. The van der Waals surface area contributed by atoms with Gasteiger partial charge in [0.15, 0.2) is 0 Å². The Morgan fingerprint density at radius 1 is 1.32 bits per heavy atom. The van der Waals surface area contributed by atoms with Crippen LogP contribution >= 0.6 is 0 Å². The van der Waals surface area contributed by atoms with E-state index in [1.54, 1.807) is 7.11 Å². The summed E-state index contributed by atoms with van der Waals surface area (Å²) in [6, 6.07) is 7.65. The predicted molar refractivity (Wildman–Crippen MR) is 71.3 cm³/mol. The molecule has 0 spiro atoms. The van der Waals surface area contributed by atoms with Crippen LogP contribution in [0.2, 0.25) is 0 Å². The summed E-state index contributed by atoms with van der Waals surface area (Å²) in [6.07, 6.45) is 0. The Hall–Kier alpha value is -2.30. The van der Waals surface area contributed by atoms with E-state index in [0.717, 1.165) is 28.3 Å². The van der Waals surface area contributed by atoms with Gasteiger partial charge in [-0.1, -0.05) is 12.1 Å². The third kappa shape index (κ3) is 2.59. The molecule has 1 heterocycles. The lowest BCUT2D eigenvalue weighted by Crippen LogP contribution is -2.11. The number of hydrogen-bond acceptors (Lipinski definition) is 3. The lowest BCUT2D eigenvalue weighted by atomic mass is 10.0. The number of benzene rings is 1. The Balaban J connectivity index is 2.43. The van der Waals surface area contributed by atoms with Crippen LogP contribution in [0.25, 0.3) is 11.1 Å². The summed E-state index contributed by atoms with van der Waals surface area (Å²) in [5.74, 6) is -0.108. The van der Waals surface area contributed by atoms with Crippen molar-refractivity contribution in [3.63, 3.8) is 0 Å². The maximum Gasteiger partial charge on any atom is 0.325 e. The highest BCUT2D eigenvalue weighted by Gasteiger charge is 2.14. The van der Waals surface area contributed by atoms with E-state index in [9.17, 15) is 4.79 Å². The van der Waals surface area contributed by atoms with Crippen LogP contribution in [-0.2, 0) is 11.3 Å². The fraction of sp³-hybridized carbons (Fsp3) is 0.286. The number of aryl methyl sites for hydroxylation is 1. The lowest BCUT2D eigenvalue weighted by molar-refractivity contribution is -0.137. The van der Waals surface area contributed by atoms with Gasteiger partial charge in [-0.15, -0.1) is 0 Å². The van der Waals surface area contributed by atoms with Gasteiger partial charge in [0.05, 0.1) is 12.8 Å². The van der Waals surface area contributed by atoms with Crippen molar-refractivity contribution in [3.05, 3.63) is 35.7 Å². The lowest BCUT2D eigenvalue weighted by Gasteiger charge is -2.05. The minimum Gasteiger partial charge on any atom is -0.497 e. The number of carboxylic acid groups (broad SMARTS) is 1. The van der Waals surface area contributed by atoms with E-state index in [1.165, 1.54) is 4.68 Å². The number of carboxylic acids is 1. The van der Waals surface area contributed by atoms with Gasteiger partial charge in [0, 0.05) is 11.3 Å². The minimum atomic E-state index is -0.896. The highest BCUT2D eigenvalue weighted by molar-refractivity contribution is 5.71. The van der Waals surface area contributed by atoms with Gasteiger partial charge in [0.2, 0.25) is 0 Å². The standard InChI is InChI=1S/C14H16N2O3/c1-9-14(10(2)16(15-9)8-13(17)18)11-4-6-12(19-3)7-5-11/h4-7H,8H2,1-3H3,(H,17,18). The van der Waals surface area contributed by atoms with E-state index < -0.39 is 5.97 Å². The molecule has 0 aliphatic carbocycles. The fourth-order valence-electron chi connectivity index (χ4n) is 2.15. The SMILES string of the molecule is COc1ccc(-c2c(C)nn(CC(=O)O)c2C)cc1. The van der Waals surface area contributed by atoms with E-state index in [2.05, 4.69) is 5.10 Å². The molecule has 0 radical (unpaired) electrons. The second-order valence-corrected chi connectivity index (χ2v) is 4.33. The Kier molecular flexibility index (Phi) is 3.55. The van der Waals surface area contributed by atoms with E-state index in [4.69, 9.17) is 9.84 Å². The minimum absolute atomic E-state index is 0.122. The molecule has 0 bridgehead atoms. The molecule has 100 valence electrons. The second kappa shape index (κ2) is 5.14. The van der Waals surface area contributed by atoms with Crippen LogP contribution in [0, 0.1) is 13.8 Å². The first-order chi connectivity index (χ1) is 9.02. The van der Waals surface area contributed by atoms with Crippen molar-refractivity contribution < 1.29 is 14.6 Å². The van der Waals surface area contributed by atoms with Gasteiger partial charge in [-0.25, -0.2) is 0 Å². The van der Waals surface area contributed by atoms with Gasteiger partial charge < -0.3 is 9.84 Å². The monoisotopic (exact) mass is 260 g/mol. The van der Waals surface area contributed by atoms with E-state index in [-0.39, 0.29) is 6.54 Å². The molecule has 0 aliphatic heterocycles. The summed E-state index contributed by atoms with van der Waals surface area (Å²) in [6.45, 7) is 3.64. The summed E-state index contributed by atoms with van der Waals surface area (Å²) >= 11 is 0. The zero-order valence-electron chi connectivity index (χ0n) is 11.2. The predicted octanol–water partition coefficient (Wildman–Crippen LogP) is 2.26. The average molecular weight is 260 g/mol. The molecular formula is C14H16N2O3. The number of nitrogens with zero attached hydrogens (tertiary/aromatic N) is 2. The Morgan fingerprint density at radius 3 is 2.47 bits per heavy atom. The number of carbonyl (C=O) groups is 1. The molecule has 0 saturated heterocycles. The maximum atomic E-state index is 10.8. The molecule has 5 nitrogen and oxygen atoms in total. The van der Waals surface area contributed by atoms with Crippen molar-refractivity contribution in [2.45, 2.75) is 20.4 Å². The van der Waals surface area contributed by atoms with Crippen LogP contribution in [0.15, 0.2) is 24.3 Å². The Labute approximate surface area is 111 Å². The summed E-state index contributed by atoms with van der Waals surface area (Å²) in [7, 11) is 1.62. The molecule has 0 aliphatic rings. The molecule has 0 amide bonds. The number of aliphatic carboxylic acids is 1. The van der Waals surface area contributed by atoms with Gasteiger partial charge in [-0.3, -0.25) is 9.48 Å². The highest BCUT2D eigenvalue weighted by Crippen LogP contribution is 2.28. The molecule has 1 N–H and O–H groups in total. The Morgan fingerprint density at radius 2 is 1.95 bits per heavy atom. The number of aromatic nitrogens is 2. The largest absolute Gasteiger partial charge is 0.497 e. The van der Waals surface area contributed by atoms with Crippen molar-refractivity contribution in [2.75, 3.05) is 7.11 Å². The number of rotatable bonds is 4. The first kappa shape index (κ1) is 13.1. The fourth-order valence-corrected chi connectivity index (χ4v) is 2.15. The normalized spacial score (nSPS) is 10.5. The second-order valence-electron chi connectivity index (χ2n) is 4.33. The summed E-state index contributed by atoms with van der Waals surface area (Å²) < 4.78 is 6.64. The first-order valence-corrected chi connectivity index (χ1v) is 5.93. The zero-order chi connectivity index (χ0) is 14.0. The Bertz CT molecular complexity index is 600. The van der Waals surface area contributed by atoms with E-state index >= 15 is 0 Å². The quantitative estimate of drug-likeness (QED) is 0.915. The van der Waals surface area contributed by atoms with Crippen molar-refractivity contribution in [2.24, 2.45) is 0 Å². The van der Waals surface area contributed by atoms with Crippen LogP contribution < -0.4 is 4.74 Å². The topological polar surface area (TPSA) is 64.4 Å². The molecule has 0 atom stereocenters. The number of methoxy groups -OCH3 is 1.